The van der Waals surface area contributed by atoms with Crippen LogP contribution >= 0.6 is 0 Å². The molecule has 0 bridgehead atoms. The predicted octanol–water partition coefficient (Wildman–Crippen LogP) is 3.37. The average molecular weight is 363 g/mol. The Kier molecular flexibility index (Phi) is 6.28. The van der Waals surface area contributed by atoms with Crippen molar-refractivity contribution in [2.75, 3.05) is 6.61 Å². The third-order valence-corrected chi connectivity index (χ3v) is 2.78. The highest BCUT2D eigenvalue weighted by molar-refractivity contribution is 5.80. The molecule has 0 heterocycles. The van der Waals surface area contributed by atoms with Gasteiger partial charge in [-0.3, -0.25) is 0 Å². The van der Waals surface area contributed by atoms with Crippen LogP contribution in [-0.2, 0) is 15.7 Å². The largest absolute Gasteiger partial charge is 0.491 e. The lowest BCUT2D eigenvalue weighted by Gasteiger charge is -2.22. The summed E-state index contributed by atoms with van der Waals surface area (Å²) in [4.78, 5) is 22.8. The van der Waals surface area contributed by atoms with Gasteiger partial charge in [0.2, 0.25) is 0 Å². The zero-order valence-corrected chi connectivity index (χ0v) is 14.2. The van der Waals surface area contributed by atoms with Gasteiger partial charge in [-0.1, -0.05) is 0 Å². The Morgan fingerprint density at radius 3 is 2.28 bits per heavy atom. The molecule has 1 aromatic carbocycles. The van der Waals surface area contributed by atoms with E-state index < -0.39 is 42.1 Å². The first-order valence-electron chi connectivity index (χ1n) is 7.32. The molecule has 0 spiro atoms. The molecule has 25 heavy (non-hydrogen) atoms. The van der Waals surface area contributed by atoms with Crippen molar-refractivity contribution in [3.8, 4) is 5.75 Å². The van der Waals surface area contributed by atoms with Gasteiger partial charge in [-0.25, -0.2) is 9.59 Å². The second-order valence-corrected chi connectivity index (χ2v) is 6.38. The SMILES string of the molecule is Cc1cc(OC[C@@H](NC(=O)OC(C)(C)C)C(=O)O)cc(C(F)(F)F)c1. The second kappa shape index (κ2) is 7.62. The maximum Gasteiger partial charge on any atom is 0.416 e. The van der Waals surface area contributed by atoms with Gasteiger partial charge in [0, 0.05) is 0 Å². The smallest absolute Gasteiger partial charge is 0.416 e. The Bertz CT molecular complexity index is 638. The van der Waals surface area contributed by atoms with Crippen LogP contribution in [0.3, 0.4) is 0 Å². The highest BCUT2D eigenvalue weighted by atomic mass is 19.4. The maximum absolute atomic E-state index is 12.8. The first kappa shape index (κ1) is 20.6. The highest BCUT2D eigenvalue weighted by Gasteiger charge is 2.31. The fraction of sp³-hybridized carbons (Fsp3) is 0.500. The molecule has 1 atom stereocenters. The molecular weight excluding hydrogens is 343 g/mol. The van der Waals surface area contributed by atoms with Crippen molar-refractivity contribution in [3.63, 3.8) is 0 Å². The van der Waals surface area contributed by atoms with Gasteiger partial charge in [0.25, 0.3) is 0 Å². The lowest BCUT2D eigenvalue weighted by atomic mass is 10.1. The Morgan fingerprint density at radius 1 is 1.20 bits per heavy atom. The number of hydrogen-bond donors (Lipinski definition) is 2. The summed E-state index contributed by atoms with van der Waals surface area (Å²) in [6.07, 6.45) is -5.52. The topological polar surface area (TPSA) is 84.9 Å². The number of nitrogens with one attached hydrogen (secondary N) is 1. The van der Waals surface area contributed by atoms with Crippen molar-refractivity contribution < 1.29 is 37.3 Å². The fourth-order valence-corrected chi connectivity index (χ4v) is 1.80. The molecule has 9 heteroatoms. The Hall–Kier alpha value is -2.45. The first-order valence-corrected chi connectivity index (χ1v) is 7.32. The van der Waals surface area contributed by atoms with Gasteiger partial charge in [0.1, 0.15) is 18.0 Å². The minimum Gasteiger partial charge on any atom is -0.491 e. The number of carbonyl (C=O) groups is 2. The van der Waals surface area contributed by atoms with Crippen molar-refractivity contribution in [2.24, 2.45) is 0 Å². The number of carbonyl (C=O) groups excluding carboxylic acids is 1. The molecule has 0 aliphatic rings. The number of carboxylic acid groups (broad SMARTS) is 1. The summed E-state index contributed by atoms with van der Waals surface area (Å²) in [6, 6.07) is 1.56. The standard InChI is InChI=1S/C16H20F3NO5/c1-9-5-10(16(17,18)19)7-11(6-9)24-8-12(13(21)22)20-14(23)25-15(2,3)4/h5-7,12H,8H2,1-4H3,(H,20,23)(H,21,22)/t12-/m1/s1. The number of ether oxygens (including phenoxy) is 2. The summed E-state index contributed by atoms with van der Waals surface area (Å²) in [5, 5.41) is 11.2. The van der Waals surface area contributed by atoms with E-state index in [2.05, 4.69) is 5.32 Å². The monoisotopic (exact) mass is 363 g/mol. The van der Waals surface area contributed by atoms with E-state index in [0.717, 1.165) is 12.1 Å². The summed E-state index contributed by atoms with van der Waals surface area (Å²) in [7, 11) is 0. The number of aliphatic carboxylic acids is 1. The van der Waals surface area contributed by atoms with Crippen LogP contribution < -0.4 is 10.1 Å². The van der Waals surface area contributed by atoms with Crippen molar-refractivity contribution in [1.82, 2.24) is 5.32 Å². The van der Waals surface area contributed by atoms with Gasteiger partial charge in [0.05, 0.1) is 5.56 Å². The number of benzene rings is 1. The Labute approximate surface area is 142 Å². The molecule has 0 saturated heterocycles. The second-order valence-electron chi connectivity index (χ2n) is 6.38. The van der Waals surface area contributed by atoms with Gasteiger partial charge in [-0.2, -0.15) is 13.2 Å². The van der Waals surface area contributed by atoms with E-state index in [1.165, 1.54) is 13.0 Å². The minimum absolute atomic E-state index is 0.149. The number of hydrogen-bond acceptors (Lipinski definition) is 4. The molecule has 0 radical (unpaired) electrons. The minimum atomic E-state index is -4.55. The molecule has 140 valence electrons. The van der Waals surface area contributed by atoms with Crippen LogP contribution in [0, 0.1) is 6.92 Å². The van der Waals surface area contributed by atoms with E-state index in [4.69, 9.17) is 14.6 Å². The number of alkyl halides is 3. The van der Waals surface area contributed by atoms with Crippen LogP contribution in [0.25, 0.3) is 0 Å². The van der Waals surface area contributed by atoms with Gasteiger partial charge < -0.3 is 19.9 Å². The third-order valence-electron chi connectivity index (χ3n) is 2.78. The van der Waals surface area contributed by atoms with Crippen LogP contribution in [0.15, 0.2) is 18.2 Å². The number of aryl methyl sites for hydroxylation is 1. The van der Waals surface area contributed by atoms with Crippen LogP contribution in [0.1, 0.15) is 31.9 Å². The number of carboxylic acids is 1. The Balaban J connectivity index is 2.80. The average Bonchev–Trinajstić information content (AvgIpc) is 2.39. The predicted molar refractivity (Wildman–Crippen MR) is 82.5 cm³/mol. The normalized spacial score (nSPS) is 13.1. The summed E-state index contributed by atoms with van der Waals surface area (Å²) in [6.45, 7) is 5.70. The quantitative estimate of drug-likeness (QED) is 0.838. The third kappa shape index (κ3) is 7.32. The van der Waals surface area contributed by atoms with Crippen molar-refractivity contribution in [1.29, 1.82) is 0 Å². The molecule has 2 N–H and O–H groups in total. The number of rotatable bonds is 5. The Morgan fingerprint density at radius 2 is 1.80 bits per heavy atom. The van der Waals surface area contributed by atoms with Crippen molar-refractivity contribution in [2.45, 2.75) is 45.5 Å². The van der Waals surface area contributed by atoms with Crippen molar-refractivity contribution in [3.05, 3.63) is 29.3 Å². The van der Waals surface area contributed by atoms with Gasteiger partial charge >= 0.3 is 18.2 Å². The fourth-order valence-electron chi connectivity index (χ4n) is 1.80. The van der Waals surface area contributed by atoms with E-state index in [0.29, 0.717) is 5.56 Å². The molecule has 1 amide bonds. The van der Waals surface area contributed by atoms with Crippen LogP contribution in [0.4, 0.5) is 18.0 Å². The number of alkyl carbamates (subject to hydrolysis) is 1. The van der Waals surface area contributed by atoms with E-state index in [1.54, 1.807) is 20.8 Å². The molecular formula is C16H20F3NO5. The highest BCUT2D eigenvalue weighted by Crippen LogP contribution is 2.32. The summed E-state index contributed by atoms with van der Waals surface area (Å²) >= 11 is 0. The van der Waals surface area contributed by atoms with Gasteiger partial charge in [0.15, 0.2) is 6.04 Å². The molecule has 1 rings (SSSR count). The molecule has 0 fully saturated rings. The number of amides is 1. The summed E-state index contributed by atoms with van der Waals surface area (Å²) in [5.74, 6) is -1.56. The van der Waals surface area contributed by atoms with Crippen molar-refractivity contribution >= 4 is 12.1 Å². The first-order chi connectivity index (χ1) is 11.3. The molecule has 1 aromatic rings. The molecule has 0 saturated carbocycles. The molecule has 0 aliphatic carbocycles. The lowest BCUT2D eigenvalue weighted by molar-refractivity contribution is -0.140. The molecule has 0 aromatic heterocycles. The lowest BCUT2D eigenvalue weighted by Crippen LogP contribution is -2.46. The summed E-state index contributed by atoms with van der Waals surface area (Å²) < 4.78 is 48.4. The zero-order valence-electron chi connectivity index (χ0n) is 14.2. The van der Waals surface area contributed by atoms with Gasteiger partial charge in [-0.15, -0.1) is 0 Å². The number of halogens is 3. The van der Waals surface area contributed by atoms with Crippen LogP contribution in [0.5, 0.6) is 5.75 Å². The van der Waals surface area contributed by atoms with E-state index >= 15 is 0 Å². The van der Waals surface area contributed by atoms with E-state index in [9.17, 15) is 22.8 Å². The molecule has 6 nitrogen and oxygen atoms in total. The molecule has 0 aliphatic heterocycles. The van der Waals surface area contributed by atoms with E-state index in [-0.39, 0.29) is 5.75 Å². The van der Waals surface area contributed by atoms with Crippen LogP contribution in [-0.4, -0.2) is 35.4 Å². The maximum atomic E-state index is 12.8. The van der Waals surface area contributed by atoms with E-state index in [1.807, 2.05) is 0 Å². The zero-order chi connectivity index (χ0) is 19.4. The summed E-state index contributed by atoms with van der Waals surface area (Å²) in [5.41, 5.74) is -1.43. The van der Waals surface area contributed by atoms with Crippen LogP contribution in [0.2, 0.25) is 0 Å². The molecule has 0 unspecified atom stereocenters. The van der Waals surface area contributed by atoms with Gasteiger partial charge in [-0.05, 0) is 51.5 Å².